The molecule has 1 saturated heterocycles. The minimum atomic E-state index is -2.75. The van der Waals surface area contributed by atoms with E-state index >= 15 is 0 Å². The fraction of sp³-hybridized carbons (Fsp3) is 0.576. The van der Waals surface area contributed by atoms with E-state index in [1.54, 1.807) is 25.1 Å². The van der Waals surface area contributed by atoms with Gasteiger partial charge in [0.1, 0.15) is 22.8 Å². The number of primary amides is 1. The van der Waals surface area contributed by atoms with E-state index in [2.05, 4.69) is 4.90 Å². The molecule has 1 aromatic rings. The highest BCUT2D eigenvalue weighted by Gasteiger charge is 2.66. The number of aliphatic hydroxyl groups is 3. The van der Waals surface area contributed by atoms with E-state index < -0.39 is 63.0 Å². The monoisotopic (exact) mass is 639 g/mol. The smallest absolute Gasteiger partial charge is 0.255 e. The zero-order chi connectivity index (χ0) is 34.3. The van der Waals surface area contributed by atoms with E-state index in [1.165, 1.54) is 6.07 Å². The summed E-state index contributed by atoms with van der Waals surface area (Å²) >= 11 is 0. The first-order valence-electron chi connectivity index (χ1n) is 15.5. The van der Waals surface area contributed by atoms with Crippen molar-refractivity contribution in [1.29, 1.82) is 0 Å². The van der Waals surface area contributed by atoms with Crippen LogP contribution in [0.3, 0.4) is 0 Å². The number of phenols is 1. The number of amides is 2. The number of phenolic OH excluding ortho intramolecular Hbond substituents is 1. The normalized spacial score (nSPS) is 28.7. The molecule has 0 unspecified atom stereocenters. The molecule has 2 amide bonds. The van der Waals surface area contributed by atoms with Gasteiger partial charge in [0.05, 0.1) is 11.6 Å². The summed E-state index contributed by atoms with van der Waals surface area (Å²) in [6.07, 6.45) is 0.118. The van der Waals surface area contributed by atoms with Crippen LogP contribution in [0.25, 0.3) is 0 Å². The Hall–Kier alpha value is -3.94. The van der Waals surface area contributed by atoms with Gasteiger partial charge in [-0.15, -0.1) is 0 Å². The van der Waals surface area contributed by atoms with Crippen LogP contribution in [-0.4, -0.2) is 131 Å². The molecule has 0 aromatic heterocycles. The van der Waals surface area contributed by atoms with Gasteiger partial charge < -0.3 is 36.0 Å². The molecule has 1 aromatic carbocycles. The lowest BCUT2D eigenvalue weighted by molar-refractivity contribution is -0.151. The lowest BCUT2D eigenvalue weighted by Crippen LogP contribution is -2.66. The number of carbonyl (C=O) groups excluding carboxylic acids is 4. The summed E-state index contributed by atoms with van der Waals surface area (Å²) in [5.74, 6) is -6.25. The second-order valence-electron chi connectivity index (χ2n) is 14.6. The number of Topliss-reactive ketones (excluding diaryl/α,β-unsaturated/α-hetero) is 2. The van der Waals surface area contributed by atoms with Crippen molar-refractivity contribution < 1.29 is 39.6 Å². The maximum Gasteiger partial charge on any atom is 0.255 e. The van der Waals surface area contributed by atoms with Crippen LogP contribution in [0.4, 0.5) is 5.69 Å². The summed E-state index contributed by atoms with van der Waals surface area (Å²) in [5, 5.41) is 46.4. The SMILES string of the molecule is CN(C)c1ccc(O)c2c1C[C@@]1(CN3CCN(C(=O)C(C)(C)C)CC3)C[C@H]3[C@H](N(C)C)C(O)=C(C(N)=O)C(=O)[C@@]3(O)C(O)=C1C2=O. The number of fused-ring (bicyclic) bond motifs is 3. The molecule has 1 fully saturated rings. The lowest BCUT2D eigenvalue weighted by atomic mass is 9.52. The number of aromatic hydroxyl groups is 1. The Labute approximate surface area is 268 Å². The average Bonchev–Trinajstić information content (AvgIpc) is 2.94. The van der Waals surface area contributed by atoms with E-state index in [0.717, 1.165) is 0 Å². The molecule has 6 N–H and O–H groups in total. The Kier molecular flexibility index (Phi) is 8.06. The van der Waals surface area contributed by atoms with Crippen molar-refractivity contribution in [3.63, 3.8) is 0 Å². The molecular formula is C33H45N5O8. The highest BCUT2D eigenvalue weighted by atomic mass is 16.3. The number of anilines is 1. The van der Waals surface area contributed by atoms with Crippen molar-refractivity contribution in [2.75, 3.05) is 65.8 Å². The van der Waals surface area contributed by atoms with Gasteiger partial charge in [0.25, 0.3) is 5.91 Å². The number of nitrogens with zero attached hydrogens (tertiary/aromatic N) is 4. The number of hydrogen-bond donors (Lipinski definition) is 5. The Bertz CT molecular complexity index is 1580. The third-order valence-corrected chi connectivity index (χ3v) is 10.1. The van der Waals surface area contributed by atoms with Crippen molar-refractivity contribution in [1.82, 2.24) is 14.7 Å². The molecule has 0 bridgehead atoms. The summed E-state index contributed by atoms with van der Waals surface area (Å²) in [6.45, 7) is 7.66. The molecule has 1 aliphatic heterocycles. The van der Waals surface area contributed by atoms with Gasteiger partial charge in [-0.3, -0.25) is 29.0 Å². The molecule has 4 aliphatic rings. The predicted molar refractivity (Wildman–Crippen MR) is 169 cm³/mol. The highest BCUT2D eigenvalue weighted by molar-refractivity contribution is 6.25. The molecule has 0 saturated carbocycles. The molecule has 5 rings (SSSR count). The number of likely N-dealkylation sites (N-methyl/N-ethyl adjacent to an activating group) is 1. The summed E-state index contributed by atoms with van der Waals surface area (Å²) < 4.78 is 0. The van der Waals surface area contributed by atoms with Crippen molar-refractivity contribution in [2.45, 2.75) is 45.3 Å². The van der Waals surface area contributed by atoms with Gasteiger partial charge in [0, 0.05) is 74.8 Å². The minimum Gasteiger partial charge on any atom is -0.510 e. The molecule has 3 aliphatic carbocycles. The Morgan fingerprint density at radius 1 is 1.02 bits per heavy atom. The first kappa shape index (κ1) is 33.4. The predicted octanol–water partition coefficient (Wildman–Crippen LogP) is 0.747. The molecule has 4 atom stereocenters. The van der Waals surface area contributed by atoms with Crippen LogP contribution in [0, 0.1) is 16.7 Å². The van der Waals surface area contributed by atoms with Crippen LogP contribution in [0.15, 0.2) is 34.8 Å². The van der Waals surface area contributed by atoms with Crippen LogP contribution in [0.2, 0.25) is 0 Å². The molecule has 250 valence electrons. The zero-order valence-electron chi connectivity index (χ0n) is 27.5. The van der Waals surface area contributed by atoms with Crippen LogP contribution >= 0.6 is 0 Å². The first-order chi connectivity index (χ1) is 21.3. The third-order valence-electron chi connectivity index (χ3n) is 10.1. The van der Waals surface area contributed by atoms with Crippen LogP contribution in [-0.2, 0) is 20.8 Å². The van der Waals surface area contributed by atoms with Gasteiger partial charge in [0.2, 0.25) is 11.7 Å². The topological polar surface area (TPSA) is 188 Å². The maximum absolute atomic E-state index is 14.5. The Balaban J connectivity index is 1.70. The van der Waals surface area contributed by atoms with Crippen molar-refractivity contribution in [3.8, 4) is 5.75 Å². The van der Waals surface area contributed by atoms with Gasteiger partial charge >= 0.3 is 0 Å². The quantitative estimate of drug-likeness (QED) is 0.286. The van der Waals surface area contributed by atoms with E-state index in [4.69, 9.17) is 5.73 Å². The number of rotatable bonds is 5. The van der Waals surface area contributed by atoms with Crippen molar-refractivity contribution in [2.24, 2.45) is 22.5 Å². The van der Waals surface area contributed by atoms with Gasteiger partial charge in [-0.2, -0.15) is 0 Å². The summed E-state index contributed by atoms with van der Waals surface area (Å²) in [7, 11) is 6.84. The number of benzene rings is 1. The van der Waals surface area contributed by atoms with Crippen LogP contribution in [0.1, 0.15) is 43.1 Å². The minimum absolute atomic E-state index is 0.0289. The Morgan fingerprint density at radius 2 is 1.63 bits per heavy atom. The van der Waals surface area contributed by atoms with Crippen LogP contribution < -0.4 is 10.6 Å². The highest BCUT2D eigenvalue weighted by Crippen LogP contribution is 2.58. The molecule has 13 heteroatoms. The number of piperazine rings is 1. The average molecular weight is 640 g/mol. The van der Waals surface area contributed by atoms with Crippen molar-refractivity contribution in [3.05, 3.63) is 45.9 Å². The molecule has 0 radical (unpaired) electrons. The van der Waals surface area contributed by atoms with E-state index in [-0.39, 0.29) is 42.2 Å². The van der Waals surface area contributed by atoms with Crippen LogP contribution in [0.5, 0.6) is 5.75 Å². The molecule has 0 spiro atoms. The van der Waals surface area contributed by atoms with Gasteiger partial charge in [-0.1, -0.05) is 20.8 Å². The lowest BCUT2D eigenvalue weighted by Gasteiger charge is -2.55. The van der Waals surface area contributed by atoms with Gasteiger partial charge in [0.15, 0.2) is 11.4 Å². The second kappa shape index (κ2) is 11.1. The van der Waals surface area contributed by atoms with E-state index in [0.29, 0.717) is 37.4 Å². The zero-order valence-corrected chi connectivity index (χ0v) is 27.5. The third kappa shape index (κ3) is 4.87. The fourth-order valence-corrected chi connectivity index (χ4v) is 8.05. The maximum atomic E-state index is 14.5. The fourth-order valence-electron chi connectivity index (χ4n) is 8.05. The molecule has 46 heavy (non-hydrogen) atoms. The molecule has 1 heterocycles. The van der Waals surface area contributed by atoms with Gasteiger partial charge in [-0.05, 0) is 44.6 Å². The number of aliphatic hydroxyl groups excluding tert-OH is 2. The van der Waals surface area contributed by atoms with Gasteiger partial charge in [-0.25, -0.2) is 0 Å². The number of nitrogens with two attached hydrogens (primary N) is 1. The van der Waals surface area contributed by atoms with E-state index in [1.807, 2.05) is 44.7 Å². The van der Waals surface area contributed by atoms with E-state index in [9.17, 15) is 39.6 Å². The standard InChI is InChI=1S/C33H45N5O8/c1-31(2,3)30(45)38-12-10-37(11-13-38)16-32-14-17-19(35(4)5)8-9-20(39)21(17)25(40)23(32)28(43)33(46)18(15-32)24(36(6)7)26(41)22(27(33)42)29(34)44/h8-9,18,24,39,41,43,46H,10-16H2,1-7H3,(H2,34,44)/t18-,24-,32-,33+/m0/s1. The second-order valence-corrected chi connectivity index (χ2v) is 14.6. The number of carbonyl (C=O) groups is 4. The summed E-state index contributed by atoms with van der Waals surface area (Å²) in [5.41, 5.74) is 1.15. The van der Waals surface area contributed by atoms with Crippen molar-refractivity contribution >= 4 is 29.1 Å². The summed E-state index contributed by atoms with van der Waals surface area (Å²) in [6, 6.07) is 1.99. The number of ketones is 2. The number of hydrogen-bond acceptors (Lipinski definition) is 11. The summed E-state index contributed by atoms with van der Waals surface area (Å²) in [4.78, 5) is 61.0. The first-order valence-corrected chi connectivity index (χ1v) is 15.5. The molecular weight excluding hydrogens is 594 g/mol. The largest absolute Gasteiger partial charge is 0.510 e. The Morgan fingerprint density at radius 3 is 2.15 bits per heavy atom. The molecule has 13 nitrogen and oxygen atoms in total.